The molecule has 36 heavy (non-hydrogen) atoms. The lowest BCUT2D eigenvalue weighted by atomic mass is 10.1. The standard InChI is InChI=1S/C28H25Cl2N3O3/c1-19-4-3-5-24(14-19)36-18-22-15-20(8-12-26(22)35-2)9-13-27(34)31-28-25(30)17-33(32-28)16-21-6-10-23(29)11-7-21/h3-15,17H,16,18H2,1-2H3,(H,31,32,34)/b13-9+. The first-order valence-corrected chi connectivity index (χ1v) is 12.0. The van der Waals surface area contributed by atoms with Crippen LogP contribution in [0.4, 0.5) is 5.82 Å². The second-order valence-electron chi connectivity index (χ2n) is 8.15. The van der Waals surface area contributed by atoms with Crippen molar-refractivity contribution in [3.05, 3.63) is 111 Å². The van der Waals surface area contributed by atoms with Crippen molar-refractivity contribution in [1.82, 2.24) is 9.78 Å². The Kier molecular flexibility index (Phi) is 8.31. The molecule has 1 aromatic heterocycles. The van der Waals surface area contributed by atoms with E-state index in [2.05, 4.69) is 10.4 Å². The minimum Gasteiger partial charge on any atom is -0.496 e. The smallest absolute Gasteiger partial charge is 0.249 e. The number of carbonyl (C=O) groups is 1. The van der Waals surface area contributed by atoms with E-state index in [1.165, 1.54) is 6.08 Å². The number of aryl methyl sites for hydroxylation is 1. The van der Waals surface area contributed by atoms with E-state index >= 15 is 0 Å². The van der Waals surface area contributed by atoms with Crippen LogP contribution >= 0.6 is 23.2 Å². The van der Waals surface area contributed by atoms with Crippen LogP contribution in [0.5, 0.6) is 11.5 Å². The SMILES string of the molecule is COc1ccc(/C=C/C(=O)Nc2nn(Cc3ccc(Cl)cc3)cc2Cl)cc1COc1cccc(C)c1. The van der Waals surface area contributed by atoms with E-state index in [9.17, 15) is 4.79 Å². The van der Waals surface area contributed by atoms with Crippen molar-refractivity contribution in [2.75, 3.05) is 12.4 Å². The van der Waals surface area contributed by atoms with Gasteiger partial charge in [0, 0.05) is 22.9 Å². The van der Waals surface area contributed by atoms with Crippen molar-refractivity contribution in [1.29, 1.82) is 0 Å². The molecule has 0 radical (unpaired) electrons. The second kappa shape index (κ2) is 11.8. The number of nitrogens with zero attached hydrogens (tertiary/aromatic N) is 2. The minimum absolute atomic E-state index is 0.294. The van der Waals surface area contributed by atoms with Crippen LogP contribution in [-0.2, 0) is 17.9 Å². The quantitative estimate of drug-likeness (QED) is 0.246. The van der Waals surface area contributed by atoms with Gasteiger partial charge in [0.15, 0.2) is 5.82 Å². The fourth-order valence-corrected chi connectivity index (χ4v) is 3.87. The maximum Gasteiger partial charge on any atom is 0.249 e. The molecule has 0 atom stereocenters. The lowest BCUT2D eigenvalue weighted by molar-refractivity contribution is -0.111. The number of hydrogen-bond acceptors (Lipinski definition) is 4. The summed E-state index contributed by atoms with van der Waals surface area (Å²) in [6, 6.07) is 20.9. The van der Waals surface area contributed by atoms with Gasteiger partial charge in [0.1, 0.15) is 23.1 Å². The van der Waals surface area contributed by atoms with Gasteiger partial charge in [-0.15, -0.1) is 0 Å². The zero-order chi connectivity index (χ0) is 25.5. The van der Waals surface area contributed by atoms with E-state index in [0.29, 0.717) is 34.8 Å². The topological polar surface area (TPSA) is 65.4 Å². The molecule has 1 N–H and O–H groups in total. The van der Waals surface area contributed by atoms with Gasteiger partial charge in [0.25, 0.3) is 0 Å². The van der Waals surface area contributed by atoms with E-state index in [0.717, 1.165) is 28.0 Å². The molecule has 8 heteroatoms. The van der Waals surface area contributed by atoms with Crippen molar-refractivity contribution in [3.8, 4) is 11.5 Å². The van der Waals surface area contributed by atoms with Crippen LogP contribution in [0.2, 0.25) is 10.0 Å². The number of anilines is 1. The summed E-state index contributed by atoms with van der Waals surface area (Å²) >= 11 is 12.2. The number of rotatable bonds is 9. The molecule has 0 aliphatic carbocycles. The first kappa shape index (κ1) is 25.4. The number of benzene rings is 3. The van der Waals surface area contributed by atoms with Crippen molar-refractivity contribution in [2.45, 2.75) is 20.1 Å². The summed E-state index contributed by atoms with van der Waals surface area (Å²) in [4.78, 5) is 12.5. The van der Waals surface area contributed by atoms with Gasteiger partial charge in [-0.25, -0.2) is 0 Å². The molecule has 4 rings (SSSR count). The summed E-state index contributed by atoms with van der Waals surface area (Å²) in [6.07, 6.45) is 4.81. The van der Waals surface area contributed by atoms with Crippen molar-refractivity contribution in [3.63, 3.8) is 0 Å². The summed E-state index contributed by atoms with van der Waals surface area (Å²) in [5.74, 6) is 1.44. The van der Waals surface area contributed by atoms with Crippen LogP contribution in [0.3, 0.4) is 0 Å². The highest BCUT2D eigenvalue weighted by Gasteiger charge is 2.10. The van der Waals surface area contributed by atoms with Gasteiger partial charge in [0.2, 0.25) is 5.91 Å². The number of aromatic nitrogens is 2. The summed E-state index contributed by atoms with van der Waals surface area (Å²) in [7, 11) is 1.62. The normalized spacial score (nSPS) is 11.0. The van der Waals surface area contributed by atoms with Gasteiger partial charge in [-0.1, -0.05) is 53.5 Å². The van der Waals surface area contributed by atoms with Crippen molar-refractivity contribution < 1.29 is 14.3 Å². The Morgan fingerprint density at radius 2 is 1.89 bits per heavy atom. The molecule has 6 nitrogen and oxygen atoms in total. The number of hydrogen-bond donors (Lipinski definition) is 1. The third-order valence-corrected chi connectivity index (χ3v) is 5.86. The fourth-order valence-electron chi connectivity index (χ4n) is 3.55. The molecule has 0 aliphatic rings. The molecule has 0 saturated carbocycles. The van der Waals surface area contributed by atoms with Crippen LogP contribution in [0.25, 0.3) is 6.08 Å². The maximum atomic E-state index is 12.5. The van der Waals surface area contributed by atoms with Crippen molar-refractivity contribution in [2.24, 2.45) is 0 Å². The molecule has 0 spiro atoms. The number of ether oxygens (including phenoxy) is 2. The Bertz CT molecular complexity index is 1380. The molecule has 0 aliphatic heterocycles. The Hall–Kier alpha value is -3.74. The fraction of sp³-hybridized carbons (Fsp3) is 0.143. The molecular formula is C28H25Cl2N3O3. The highest BCUT2D eigenvalue weighted by atomic mass is 35.5. The van der Waals surface area contributed by atoms with Gasteiger partial charge >= 0.3 is 0 Å². The summed E-state index contributed by atoms with van der Waals surface area (Å²) in [5, 5.41) is 8.12. The first-order chi connectivity index (χ1) is 17.4. The largest absolute Gasteiger partial charge is 0.496 e. The Labute approximate surface area is 220 Å². The molecular weight excluding hydrogens is 497 g/mol. The predicted octanol–water partition coefficient (Wildman–Crippen LogP) is 6.79. The van der Waals surface area contributed by atoms with Crippen LogP contribution in [0, 0.1) is 6.92 Å². The van der Waals surface area contributed by atoms with E-state index in [-0.39, 0.29) is 5.91 Å². The van der Waals surface area contributed by atoms with Gasteiger partial charge in [-0.3, -0.25) is 9.48 Å². The summed E-state index contributed by atoms with van der Waals surface area (Å²) in [5.41, 5.74) is 3.83. The maximum absolute atomic E-state index is 12.5. The molecule has 1 amide bonds. The first-order valence-electron chi connectivity index (χ1n) is 11.2. The zero-order valence-corrected chi connectivity index (χ0v) is 21.4. The molecule has 3 aromatic carbocycles. The number of amides is 1. The molecule has 1 heterocycles. The molecule has 184 valence electrons. The Morgan fingerprint density at radius 3 is 2.64 bits per heavy atom. The predicted molar refractivity (Wildman–Crippen MR) is 144 cm³/mol. The highest BCUT2D eigenvalue weighted by Crippen LogP contribution is 2.24. The Morgan fingerprint density at radius 1 is 1.08 bits per heavy atom. The van der Waals surface area contributed by atoms with Crippen LogP contribution in [0.15, 0.2) is 79.0 Å². The number of methoxy groups -OCH3 is 1. The summed E-state index contributed by atoms with van der Waals surface area (Å²) < 4.78 is 13.1. The monoisotopic (exact) mass is 521 g/mol. The molecule has 0 bridgehead atoms. The van der Waals surface area contributed by atoms with Crippen LogP contribution in [0.1, 0.15) is 22.3 Å². The second-order valence-corrected chi connectivity index (χ2v) is 8.99. The van der Waals surface area contributed by atoms with Crippen LogP contribution in [-0.4, -0.2) is 22.8 Å². The van der Waals surface area contributed by atoms with Gasteiger partial charge in [0.05, 0.1) is 13.7 Å². The molecule has 0 fully saturated rings. The third-order valence-electron chi connectivity index (χ3n) is 5.33. The van der Waals surface area contributed by atoms with Gasteiger partial charge in [-0.2, -0.15) is 5.10 Å². The molecule has 4 aromatic rings. The minimum atomic E-state index is -0.345. The molecule has 0 saturated heterocycles. The lowest BCUT2D eigenvalue weighted by Gasteiger charge is -2.11. The van der Waals surface area contributed by atoms with Gasteiger partial charge < -0.3 is 14.8 Å². The number of halogens is 2. The highest BCUT2D eigenvalue weighted by molar-refractivity contribution is 6.33. The average Bonchev–Trinajstić information content (AvgIpc) is 3.21. The number of nitrogens with one attached hydrogen (secondary N) is 1. The van der Waals surface area contributed by atoms with Crippen LogP contribution < -0.4 is 14.8 Å². The third kappa shape index (κ3) is 6.90. The number of carbonyl (C=O) groups excluding carboxylic acids is 1. The lowest BCUT2D eigenvalue weighted by Crippen LogP contribution is -2.09. The van der Waals surface area contributed by atoms with Gasteiger partial charge in [-0.05, 0) is 66.1 Å². The Balaban J connectivity index is 1.39. The van der Waals surface area contributed by atoms with E-state index in [1.54, 1.807) is 24.1 Å². The average molecular weight is 522 g/mol. The van der Waals surface area contributed by atoms with E-state index < -0.39 is 0 Å². The van der Waals surface area contributed by atoms with E-state index in [4.69, 9.17) is 32.7 Å². The molecule has 0 unspecified atom stereocenters. The van der Waals surface area contributed by atoms with Crippen molar-refractivity contribution >= 4 is 41.0 Å². The summed E-state index contributed by atoms with van der Waals surface area (Å²) in [6.45, 7) is 2.85. The zero-order valence-electron chi connectivity index (χ0n) is 19.9. The van der Waals surface area contributed by atoms with E-state index in [1.807, 2.05) is 73.7 Å².